The number of benzene rings is 1. The van der Waals surface area contributed by atoms with E-state index in [1.165, 1.54) is 18.3 Å². The number of fused-ring (bicyclic) bond motifs is 1. The number of hydrogen-bond donors (Lipinski definition) is 3. The molecule has 2 atom stereocenters. The molecule has 2 aromatic rings. The highest BCUT2D eigenvalue weighted by atomic mass is 32.2. The summed E-state index contributed by atoms with van der Waals surface area (Å²) in [6.45, 7) is 1.92. The second kappa shape index (κ2) is 11.9. The van der Waals surface area contributed by atoms with Crippen molar-refractivity contribution in [2.24, 2.45) is 11.8 Å². The zero-order chi connectivity index (χ0) is 28.4. The highest BCUT2D eigenvalue weighted by Gasteiger charge is 2.42. The molecule has 4 rings (SSSR count). The van der Waals surface area contributed by atoms with Gasteiger partial charge in [-0.15, -0.1) is 0 Å². The van der Waals surface area contributed by atoms with Crippen molar-refractivity contribution >= 4 is 15.7 Å². The molecule has 0 bridgehead atoms. The number of nitrogens with zero attached hydrogens (tertiary/aromatic N) is 2. The fraction of sp³-hybridized carbons (Fsp3) is 0.556. The first kappa shape index (κ1) is 29.4. The number of alkyl halides is 3. The Morgan fingerprint density at radius 1 is 1.15 bits per heavy atom. The number of nitrogens with one attached hydrogen (secondary N) is 1. The smallest absolute Gasteiger partial charge is 0.391 e. The van der Waals surface area contributed by atoms with Crippen LogP contribution in [0.2, 0.25) is 0 Å². The van der Waals surface area contributed by atoms with E-state index in [2.05, 4.69) is 10.3 Å². The lowest BCUT2D eigenvalue weighted by Crippen LogP contribution is -2.34. The number of aliphatic hydroxyl groups is 2. The highest BCUT2D eigenvalue weighted by Crippen LogP contribution is 2.41. The maximum atomic E-state index is 13.0. The molecule has 0 unspecified atom stereocenters. The molecule has 2 aliphatic rings. The molecule has 2 heterocycles. The van der Waals surface area contributed by atoms with Crippen molar-refractivity contribution in [2.75, 3.05) is 25.5 Å². The Kier molecular flexibility index (Phi) is 8.99. The minimum Gasteiger partial charge on any atom is -0.394 e. The summed E-state index contributed by atoms with van der Waals surface area (Å²) in [5.74, 6) is -1.66. The molecule has 1 aromatic carbocycles. The summed E-state index contributed by atoms with van der Waals surface area (Å²) in [4.78, 5) is 19.6. The minimum absolute atomic E-state index is 0.0361. The zero-order valence-corrected chi connectivity index (χ0v) is 22.5. The number of carbonyl (C=O) groups is 1. The van der Waals surface area contributed by atoms with Crippen LogP contribution in [0.1, 0.15) is 71.9 Å². The number of rotatable bonds is 9. The van der Waals surface area contributed by atoms with Crippen molar-refractivity contribution in [3.05, 3.63) is 58.9 Å². The van der Waals surface area contributed by atoms with Crippen molar-refractivity contribution < 1.29 is 36.6 Å². The monoisotopic (exact) mass is 569 g/mol. The van der Waals surface area contributed by atoms with Crippen molar-refractivity contribution in [1.29, 1.82) is 0 Å². The Labute approximate surface area is 226 Å². The van der Waals surface area contributed by atoms with E-state index in [0.29, 0.717) is 37.2 Å². The summed E-state index contributed by atoms with van der Waals surface area (Å²) < 4.78 is 63.2. The molecule has 8 nitrogen and oxygen atoms in total. The number of amides is 1. The van der Waals surface area contributed by atoms with Gasteiger partial charge in [-0.3, -0.25) is 14.7 Å². The first-order valence-electron chi connectivity index (χ1n) is 13.1. The molecule has 39 heavy (non-hydrogen) atoms. The van der Waals surface area contributed by atoms with Crippen LogP contribution in [-0.2, 0) is 16.4 Å². The molecule has 0 radical (unpaired) electrons. The van der Waals surface area contributed by atoms with Gasteiger partial charge in [0.25, 0.3) is 5.91 Å². The van der Waals surface area contributed by atoms with Gasteiger partial charge in [-0.1, -0.05) is 19.1 Å². The maximum Gasteiger partial charge on any atom is 0.391 e. The second-order valence-corrected chi connectivity index (χ2v) is 12.6. The van der Waals surface area contributed by atoms with Crippen LogP contribution < -0.4 is 5.32 Å². The number of hydrogen-bond acceptors (Lipinski definition) is 7. The number of sulfone groups is 1. The van der Waals surface area contributed by atoms with Gasteiger partial charge in [0, 0.05) is 19.3 Å². The van der Waals surface area contributed by atoms with Gasteiger partial charge in [0.15, 0.2) is 9.84 Å². The lowest BCUT2D eigenvalue weighted by molar-refractivity contribution is -0.184. The van der Waals surface area contributed by atoms with Crippen molar-refractivity contribution in [3.63, 3.8) is 0 Å². The summed E-state index contributed by atoms with van der Waals surface area (Å²) in [5, 5.41) is 22.7. The van der Waals surface area contributed by atoms with Gasteiger partial charge in [-0.25, -0.2) is 8.42 Å². The Morgan fingerprint density at radius 3 is 2.38 bits per heavy atom. The van der Waals surface area contributed by atoms with Crippen LogP contribution in [-0.4, -0.2) is 66.1 Å². The summed E-state index contributed by atoms with van der Waals surface area (Å²) in [5.41, 5.74) is 2.22. The van der Waals surface area contributed by atoms with Crippen LogP contribution in [0.5, 0.6) is 0 Å². The van der Waals surface area contributed by atoms with E-state index < -0.39 is 40.5 Å². The van der Waals surface area contributed by atoms with Crippen LogP contribution >= 0.6 is 0 Å². The molecule has 0 spiro atoms. The molecular formula is C27H34F3N3O5S. The van der Waals surface area contributed by atoms with Gasteiger partial charge in [-0.05, 0) is 60.9 Å². The van der Waals surface area contributed by atoms with E-state index in [-0.39, 0.29) is 47.6 Å². The molecule has 1 aliphatic carbocycles. The molecule has 12 heteroatoms. The maximum absolute atomic E-state index is 13.0. The number of aromatic nitrogens is 1. The summed E-state index contributed by atoms with van der Waals surface area (Å²) >= 11 is 0. The van der Waals surface area contributed by atoms with Gasteiger partial charge in [0.05, 0.1) is 53.1 Å². The Morgan fingerprint density at radius 2 is 1.82 bits per heavy atom. The SMILES string of the molecule is CCS(=O)(=O)c1ccc([C@H](CO)NC(=O)c2cnc3c(c2)CN(C[C@H]2CC[C@H](C(F)(F)F)CC2)[C@H]3CO)cc1. The minimum atomic E-state index is -4.16. The van der Waals surface area contributed by atoms with E-state index in [4.69, 9.17) is 0 Å². The highest BCUT2D eigenvalue weighted by molar-refractivity contribution is 7.91. The first-order valence-corrected chi connectivity index (χ1v) is 14.8. The molecule has 1 saturated carbocycles. The number of aliphatic hydroxyl groups excluding tert-OH is 2. The molecule has 1 aromatic heterocycles. The van der Waals surface area contributed by atoms with Crippen LogP contribution in [0, 0.1) is 11.8 Å². The molecule has 1 aliphatic heterocycles. The molecule has 1 fully saturated rings. The van der Waals surface area contributed by atoms with Crippen LogP contribution in [0.25, 0.3) is 0 Å². The predicted molar refractivity (Wildman–Crippen MR) is 137 cm³/mol. The zero-order valence-electron chi connectivity index (χ0n) is 21.7. The van der Waals surface area contributed by atoms with Crippen LogP contribution in [0.4, 0.5) is 13.2 Å². The Hall–Kier alpha value is -2.54. The summed E-state index contributed by atoms with van der Waals surface area (Å²) in [7, 11) is -3.37. The van der Waals surface area contributed by atoms with E-state index in [1.54, 1.807) is 25.1 Å². The predicted octanol–water partition coefficient (Wildman–Crippen LogP) is 3.56. The molecule has 214 valence electrons. The van der Waals surface area contributed by atoms with Crippen LogP contribution in [0.15, 0.2) is 41.4 Å². The lowest BCUT2D eigenvalue weighted by atomic mass is 9.81. The molecule has 1 amide bonds. The van der Waals surface area contributed by atoms with Gasteiger partial charge in [0.2, 0.25) is 0 Å². The van der Waals surface area contributed by atoms with E-state index in [0.717, 1.165) is 5.56 Å². The normalized spacial score (nSPS) is 22.9. The molecular weight excluding hydrogens is 535 g/mol. The largest absolute Gasteiger partial charge is 0.394 e. The molecule has 0 saturated heterocycles. The fourth-order valence-corrected chi connectivity index (χ4v) is 6.41. The quantitative estimate of drug-likeness (QED) is 0.423. The van der Waals surface area contributed by atoms with E-state index in [9.17, 15) is 36.6 Å². The van der Waals surface area contributed by atoms with Gasteiger partial charge in [-0.2, -0.15) is 13.2 Å². The third kappa shape index (κ3) is 6.62. The van der Waals surface area contributed by atoms with Crippen molar-refractivity contribution in [2.45, 2.75) is 62.3 Å². The second-order valence-electron chi connectivity index (χ2n) is 10.3. The van der Waals surface area contributed by atoms with Crippen LogP contribution in [0.3, 0.4) is 0 Å². The first-order chi connectivity index (χ1) is 18.5. The average molecular weight is 570 g/mol. The Bertz CT molecular complexity index is 1260. The number of halogens is 3. The van der Waals surface area contributed by atoms with Crippen molar-refractivity contribution in [1.82, 2.24) is 15.2 Å². The van der Waals surface area contributed by atoms with Crippen molar-refractivity contribution in [3.8, 4) is 0 Å². The fourth-order valence-electron chi connectivity index (χ4n) is 5.52. The number of carbonyl (C=O) groups excluding carboxylic acids is 1. The van der Waals surface area contributed by atoms with Gasteiger partial charge >= 0.3 is 6.18 Å². The standard InChI is InChI=1S/C27H34F3N3O5S/c1-2-39(37,38)22-9-5-18(6-10-22)23(15-34)32-26(36)19-11-20-14-33(24(16-35)25(20)31-12-19)13-17-3-7-21(8-4-17)27(28,29)30/h5-6,9-12,17,21,23-24,34-35H,2-4,7-8,13-16H2,1H3,(H,32,36)/t17-,21-,23-,24-/m0/s1. The average Bonchev–Trinajstić information content (AvgIpc) is 3.27. The van der Waals surface area contributed by atoms with E-state index in [1.807, 2.05) is 4.90 Å². The Balaban J connectivity index is 1.41. The number of pyridine rings is 1. The lowest BCUT2D eigenvalue weighted by Gasteiger charge is -2.33. The van der Waals surface area contributed by atoms with E-state index >= 15 is 0 Å². The summed E-state index contributed by atoms with van der Waals surface area (Å²) in [6.07, 6.45) is -1.57. The summed E-state index contributed by atoms with van der Waals surface area (Å²) in [6, 6.07) is 6.52. The third-order valence-corrected chi connectivity index (χ3v) is 9.63. The van der Waals surface area contributed by atoms with Gasteiger partial charge < -0.3 is 15.5 Å². The topological polar surface area (TPSA) is 120 Å². The third-order valence-electron chi connectivity index (χ3n) is 7.88. The molecule has 3 N–H and O–H groups in total. The van der Waals surface area contributed by atoms with Gasteiger partial charge in [0.1, 0.15) is 0 Å².